The van der Waals surface area contributed by atoms with Crippen LogP contribution < -0.4 is 0 Å². The molecule has 0 heteroatoms. The largest absolute Gasteiger partial charge is 0.0805 e. The molecule has 2 aliphatic rings. The first-order valence-corrected chi connectivity index (χ1v) is 4.77. The molecule has 0 saturated heterocycles. The predicted molar refractivity (Wildman–Crippen MR) is 48.3 cm³/mol. The molecule has 0 aromatic heterocycles. The summed E-state index contributed by atoms with van der Waals surface area (Å²) in [5.74, 6) is 1.97. The highest BCUT2D eigenvalue weighted by molar-refractivity contribution is 5.26. The summed E-state index contributed by atoms with van der Waals surface area (Å²) in [4.78, 5) is 0. The predicted octanol–water partition coefficient (Wildman–Crippen LogP) is 3.31. The first-order chi connectivity index (χ1) is 5.42. The van der Waals surface area contributed by atoms with Gasteiger partial charge >= 0.3 is 0 Å². The van der Waals surface area contributed by atoms with Gasteiger partial charge in [0.05, 0.1) is 0 Å². The fourth-order valence-electron chi connectivity index (χ4n) is 2.28. The van der Waals surface area contributed by atoms with Crippen molar-refractivity contribution in [2.75, 3.05) is 0 Å². The van der Waals surface area contributed by atoms with Gasteiger partial charge in [-0.25, -0.2) is 0 Å². The maximum atomic E-state index is 2.33. The molecule has 0 heterocycles. The molecule has 0 spiro atoms. The summed E-state index contributed by atoms with van der Waals surface area (Å²) in [7, 11) is 0. The van der Waals surface area contributed by atoms with Gasteiger partial charge in [0, 0.05) is 0 Å². The summed E-state index contributed by atoms with van der Waals surface area (Å²) in [6.45, 7) is 2.32. The zero-order valence-electron chi connectivity index (χ0n) is 7.22. The van der Waals surface area contributed by atoms with Crippen LogP contribution in [0.5, 0.6) is 0 Å². The molecule has 0 aromatic rings. The van der Waals surface area contributed by atoms with Crippen LogP contribution in [-0.2, 0) is 0 Å². The molecule has 0 N–H and O–H groups in total. The smallest absolute Gasteiger partial charge is 0.0130 e. The van der Waals surface area contributed by atoms with Crippen molar-refractivity contribution >= 4 is 0 Å². The lowest BCUT2D eigenvalue weighted by atomic mass is 9.68. The molecule has 1 unspecified atom stereocenters. The maximum absolute atomic E-state index is 2.33. The Labute approximate surface area is 69.0 Å². The third-order valence-electron chi connectivity index (χ3n) is 3.22. The lowest BCUT2D eigenvalue weighted by Crippen LogP contribution is -2.26. The molecule has 0 radical (unpaired) electrons. The molecular weight excluding hydrogens is 132 g/mol. The number of rotatable bonds is 2. The van der Waals surface area contributed by atoms with Crippen molar-refractivity contribution in [1.82, 2.24) is 0 Å². The lowest BCUT2D eigenvalue weighted by Gasteiger charge is -2.37. The monoisotopic (exact) mass is 148 g/mol. The van der Waals surface area contributed by atoms with Gasteiger partial charge in [-0.3, -0.25) is 0 Å². The normalized spacial score (nSPS) is 35.2. The Bertz CT molecular complexity index is 196. The van der Waals surface area contributed by atoms with E-state index < -0.39 is 0 Å². The van der Waals surface area contributed by atoms with Gasteiger partial charge in [-0.05, 0) is 31.1 Å². The first kappa shape index (κ1) is 7.15. The van der Waals surface area contributed by atoms with Crippen molar-refractivity contribution in [2.24, 2.45) is 11.8 Å². The molecule has 11 heavy (non-hydrogen) atoms. The van der Waals surface area contributed by atoms with E-state index in [0.717, 1.165) is 11.8 Å². The third kappa shape index (κ3) is 1.15. The van der Waals surface area contributed by atoms with Crippen LogP contribution in [0.15, 0.2) is 23.8 Å². The first-order valence-electron chi connectivity index (χ1n) is 4.77. The fourth-order valence-corrected chi connectivity index (χ4v) is 2.28. The Balaban J connectivity index is 1.96. The minimum atomic E-state index is 0.954. The van der Waals surface area contributed by atoms with Crippen LogP contribution in [-0.4, -0.2) is 0 Å². The molecule has 0 bridgehead atoms. The third-order valence-corrected chi connectivity index (χ3v) is 3.22. The highest BCUT2D eigenvalue weighted by atomic mass is 14.4. The van der Waals surface area contributed by atoms with Crippen LogP contribution in [0.2, 0.25) is 0 Å². The Morgan fingerprint density at radius 2 is 2.36 bits per heavy atom. The molecule has 1 fully saturated rings. The van der Waals surface area contributed by atoms with Crippen LogP contribution in [0.4, 0.5) is 0 Å². The van der Waals surface area contributed by atoms with Crippen LogP contribution in [0, 0.1) is 11.8 Å². The van der Waals surface area contributed by atoms with E-state index >= 15 is 0 Å². The average Bonchev–Trinajstić information content (AvgIpc) is 2.39. The molecule has 1 saturated carbocycles. The van der Waals surface area contributed by atoms with E-state index in [1.54, 1.807) is 5.57 Å². The molecule has 0 amide bonds. The minimum absolute atomic E-state index is 0.954. The van der Waals surface area contributed by atoms with Crippen molar-refractivity contribution in [2.45, 2.75) is 32.6 Å². The van der Waals surface area contributed by atoms with E-state index in [1.807, 2.05) is 0 Å². The Morgan fingerprint density at radius 3 is 2.82 bits per heavy atom. The number of allylic oxidation sites excluding steroid dienone is 4. The van der Waals surface area contributed by atoms with Gasteiger partial charge in [0.1, 0.15) is 0 Å². The lowest BCUT2D eigenvalue weighted by molar-refractivity contribution is 0.205. The number of hydrogen-bond acceptors (Lipinski definition) is 0. The van der Waals surface area contributed by atoms with Crippen molar-refractivity contribution in [3.05, 3.63) is 23.8 Å². The van der Waals surface area contributed by atoms with E-state index in [9.17, 15) is 0 Å². The zero-order valence-corrected chi connectivity index (χ0v) is 7.22. The van der Waals surface area contributed by atoms with Crippen molar-refractivity contribution in [1.29, 1.82) is 0 Å². The molecule has 2 rings (SSSR count). The van der Waals surface area contributed by atoms with E-state index in [2.05, 4.69) is 25.2 Å². The van der Waals surface area contributed by atoms with E-state index in [1.165, 1.54) is 25.7 Å². The summed E-state index contributed by atoms with van der Waals surface area (Å²) in [5.41, 5.74) is 1.70. The van der Waals surface area contributed by atoms with Crippen molar-refractivity contribution < 1.29 is 0 Å². The van der Waals surface area contributed by atoms with E-state index in [4.69, 9.17) is 0 Å². The summed E-state index contributed by atoms with van der Waals surface area (Å²) < 4.78 is 0. The molecule has 0 aliphatic heterocycles. The van der Waals surface area contributed by atoms with Gasteiger partial charge in [0.25, 0.3) is 0 Å². The van der Waals surface area contributed by atoms with Gasteiger partial charge in [-0.15, -0.1) is 0 Å². The second-order valence-corrected chi connectivity index (χ2v) is 3.73. The maximum Gasteiger partial charge on any atom is -0.0130 e. The molecule has 0 aromatic carbocycles. The van der Waals surface area contributed by atoms with Crippen LogP contribution >= 0.6 is 0 Å². The minimum Gasteiger partial charge on any atom is -0.0805 e. The van der Waals surface area contributed by atoms with Gasteiger partial charge in [0.15, 0.2) is 0 Å². The summed E-state index contributed by atoms with van der Waals surface area (Å²) >= 11 is 0. The summed E-state index contributed by atoms with van der Waals surface area (Å²) in [6, 6.07) is 0. The Kier molecular flexibility index (Phi) is 1.85. The second-order valence-electron chi connectivity index (χ2n) is 3.73. The van der Waals surface area contributed by atoms with Crippen LogP contribution in [0.1, 0.15) is 32.6 Å². The highest BCUT2D eigenvalue weighted by Crippen LogP contribution is 2.43. The number of hydrogen-bond donors (Lipinski definition) is 0. The van der Waals surface area contributed by atoms with Crippen LogP contribution in [0.3, 0.4) is 0 Å². The topological polar surface area (TPSA) is 0 Å². The quantitative estimate of drug-likeness (QED) is 0.563. The summed E-state index contributed by atoms with van der Waals surface area (Å²) in [5, 5.41) is 0. The van der Waals surface area contributed by atoms with Crippen LogP contribution in [0.25, 0.3) is 0 Å². The van der Waals surface area contributed by atoms with E-state index in [0.29, 0.717) is 0 Å². The van der Waals surface area contributed by atoms with Crippen molar-refractivity contribution in [3.8, 4) is 0 Å². The SMILES string of the molecule is CC[C@H]1CCC1C1=CC=CC1. The Hall–Kier alpha value is -0.520. The standard InChI is InChI=1S/C11H16/c1-2-9-7-8-11(9)10-5-3-4-6-10/h3-5,9,11H,2,6-8H2,1H3/t9-,11?/m0/s1. The molecule has 2 aliphatic carbocycles. The van der Waals surface area contributed by atoms with Gasteiger partial charge in [0.2, 0.25) is 0 Å². The molecule has 0 nitrogen and oxygen atoms in total. The molecule has 60 valence electrons. The molecule has 2 atom stereocenters. The van der Waals surface area contributed by atoms with Gasteiger partial charge < -0.3 is 0 Å². The van der Waals surface area contributed by atoms with E-state index in [-0.39, 0.29) is 0 Å². The molecular formula is C11H16. The van der Waals surface area contributed by atoms with Gasteiger partial charge in [-0.1, -0.05) is 37.1 Å². The zero-order chi connectivity index (χ0) is 7.68. The Morgan fingerprint density at radius 1 is 1.45 bits per heavy atom. The highest BCUT2D eigenvalue weighted by Gasteiger charge is 2.31. The fraction of sp³-hybridized carbons (Fsp3) is 0.636. The van der Waals surface area contributed by atoms with Gasteiger partial charge in [-0.2, -0.15) is 0 Å². The van der Waals surface area contributed by atoms with Crippen molar-refractivity contribution in [3.63, 3.8) is 0 Å². The summed E-state index contributed by atoms with van der Waals surface area (Å²) in [6.07, 6.45) is 12.3. The average molecular weight is 148 g/mol. The second kappa shape index (κ2) is 2.84.